The molecule has 6 heteroatoms. The Balaban J connectivity index is 1.96. The number of likely N-dealkylation sites (tertiary alicyclic amines) is 1. The van der Waals surface area contributed by atoms with Crippen LogP contribution in [0.25, 0.3) is 0 Å². The topological polar surface area (TPSA) is 55.6 Å². The molecule has 1 saturated heterocycles. The number of carbonyl (C=O) groups excluding carboxylic acids is 1. The molecule has 0 unspecified atom stereocenters. The first-order valence-corrected chi connectivity index (χ1v) is 6.60. The first-order valence-electron chi connectivity index (χ1n) is 6.60. The van der Waals surface area contributed by atoms with Crippen molar-refractivity contribution in [3.63, 3.8) is 0 Å². The summed E-state index contributed by atoms with van der Waals surface area (Å²) in [7, 11) is 0. The van der Waals surface area contributed by atoms with E-state index < -0.39 is 24.6 Å². The van der Waals surface area contributed by atoms with Crippen LogP contribution in [0.3, 0.4) is 0 Å². The van der Waals surface area contributed by atoms with Crippen molar-refractivity contribution in [3.05, 3.63) is 35.9 Å². The highest BCUT2D eigenvalue weighted by Gasteiger charge is 2.39. The van der Waals surface area contributed by atoms with Crippen LogP contribution in [0.2, 0.25) is 0 Å². The molecule has 110 valence electrons. The second-order valence-corrected chi connectivity index (χ2v) is 4.86. The van der Waals surface area contributed by atoms with Crippen LogP contribution in [-0.4, -0.2) is 36.0 Å². The quantitative estimate of drug-likeness (QED) is 0.927. The minimum absolute atomic E-state index is 0.0708. The number of rotatable bonds is 3. The van der Waals surface area contributed by atoms with E-state index in [0.717, 1.165) is 10.5 Å². The van der Waals surface area contributed by atoms with E-state index in [-0.39, 0.29) is 13.2 Å². The normalized spacial score (nSPS) is 22.9. The lowest BCUT2D eigenvalue weighted by Gasteiger charge is -2.38. The number of halogens is 2. The molecule has 2 rings (SSSR count). The van der Waals surface area contributed by atoms with E-state index in [1.807, 2.05) is 18.2 Å². The van der Waals surface area contributed by atoms with Crippen LogP contribution in [0, 0.1) is 0 Å². The molecule has 1 aliphatic rings. The third-order valence-corrected chi connectivity index (χ3v) is 3.43. The lowest BCUT2D eigenvalue weighted by Crippen LogP contribution is -2.57. The molecule has 2 atom stereocenters. The summed E-state index contributed by atoms with van der Waals surface area (Å²) in [6, 6.07) is 7.14. The molecule has 1 aliphatic heterocycles. The highest BCUT2D eigenvalue weighted by molar-refractivity contribution is 5.68. The monoisotopic (exact) mass is 284 g/mol. The van der Waals surface area contributed by atoms with E-state index in [1.54, 1.807) is 12.1 Å². The number of carbonyl (C=O) groups is 1. The van der Waals surface area contributed by atoms with Gasteiger partial charge in [-0.15, -0.1) is 0 Å². The Bertz CT molecular complexity index is 442. The zero-order valence-corrected chi connectivity index (χ0v) is 11.0. The fourth-order valence-corrected chi connectivity index (χ4v) is 2.39. The summed E-state index contributed by atoms with van der Waals surface area (Å²) in [4.78, 5) is 13.0. The van der Waals surface area contributed by atoms with E-state index in [1.165, 1.54) is 0 Å². The summed E-state index contributed by atoms with van der Waals surface area (Å²) in [5.74, 6) is 0. The molecule has 1 aromatic carbocycles. The SMILES string of the molecule is N[C@@H]1CCCN(C(=O)OCc2ccccc2)[C@H]1C(F)F. The number of ether oxygens (including phenoxy) is 1. The van der Waals surface area contributed by atoms with Crippen LogP contribution in [0.1, 0.15) is 18.4 Å². The van der Waals surface area contributed by atoms with Gasteiger partial charge in [-0.3, -0.25) is 4.90 Å². The molecule has 4 nitrogen and oxygen atoms in total. The first kappa shape index (κ1) is 14.7. The molecule has 0 aliphatic carbocycles. The molecule has 1 aromatic rings. The van der Waals surface area contributed by atoms with Gasteiger partial charge in [0.2, 0.25) is 0 Å². The van der Waals surface area contributed by atoms with Crippen LogP contribution in [0.5, 0.6) is 0 Å². The smallest absolute Gasteiger partial charge is 0.410 e. The molecule has 0 saturated carbocycles. The third-order valence-electron chi connectivity index (χ3n) is 3.43. The Morgan fingerprint density at radius 1 is 1.40 bits per heavy atom. The minimum atomic E-state index is -2.66. The van der Waals surface area contributed by atoms with Gasteiger partial charge in [-0.2, -0.15) is 0 Å². The van der Waals surface area contributed by atoms with Crippen molar-refractivity contribution in [1.82, 2.24) is 4.90 Å². The summed E-state index contributed by atoms with van der Waals surface area (Å²) in [5, 5.41) is 0. The van der Waals surface area contributed by atoms with E-state index in [0.29, 0.717) is 12.8 Å². The van der Waals surface area contributed by atoms with Crippen molar-refractivity contribution in [2.75, 3.05) is 6.54 Å². The fourth-order valence-electron chi connectivity index (χ4n) is 2.39. The minimum Gasteiger partial charge on any atom is -0.445 e. The molecule has 1 fully saturated rings. The first-order chi connectivity index (χ1) is 9.59. The van der Waals surface area contributed by atoms with Crippen LogP contribution in [0.4, 0.5) is 13.6 Å². The third kappa shape index (κ3) is 3.45. The molecular formula is C14H18F2N2O2. The molecule has 2 N–H and O–H groups in total. The van der Waals surface area contributed by atoms with Gasteiger partial charge in [-0.25, -0.2) is 13.6 Å². The molecule has 1 heterocycles. The van der Waals surface area contributed by atoms with Crippen molar-refractivity contribution in [1.29, 1.82) is 0 Å². The second-order valence-electron chi connectivity index (χ2n) is 4.86. The van der Waals surface area contributed by atoms with E-state index in [9.17, 15) is 13.6 Å². The van der Waals surface area contributed by atoms with Gasteiger partial charge in [-0.1, -0.05) is 30.3 Å². The van der Waals surface area contributed by atoms with Gasteiger partial charge < -0.3 is 10.5 Å². The second kappa shape index (κ2) is 6.65. The van der Waals surface area contributed by atoms with Gasteiger partial charge in [0.05, 0.1) is 0 Å². The largest absolute Gasteiger partial charge is 0.445 e. The van der Waals surface area contributed by atoms with Crippen molar-refractivity contribution in [3.8, 4) is 0 Å². The predicted octanol–water partition coefficient (Wildman–Crippen LogP) is 2.38. The number of amides is 1. The molecule has 1 amide bonds. The number of alkyl halides is 2. The highest BCUT2D eigenvalue weighted by atomic mass is 19.3. The summed E-state index contributed by atoms with van der Waals surface area (Å²) in [6.45, 7) is 0.331. The zero-order valence-electron chi connectivity index (χ0n) is 11.0. The standard InChI is InChI=1S/C14H18F2N2O2/c15-13(16)12-11(17)7-4-8-18(12)14(19)20-9-10-5-2-1-3-6-10/h1-3,5-6,11-13H,4,7-9,17H2/t11-,12-/m1/s1. The van der Waals surface area contributed by atoms with Crippen LogP contribution in [-0.2, 0) is 11.3 Å². The Morgan fingerprint density at radius 3 is 2.75 bits per heavy atom. The molecule has 0 aromatic heterocycles. The van der Waals surface area contributed by atoms with Crippen LogP contribution < -0.4 is 5.73 Å². The maximum atomic E-state index is 13.0. The zero-order chi connectivity index (χ0) is 14.5. The average molecular weight is 284 g/mol. The molecule has 0 bridgehead atoms. The highest BCUT2D eigenvalue weighted by Crippen LogP contribution is 2.22. The number of nitrogens with two attached hydrogens (primary N) is 1. The van der Waals surface area contributed by atoms with Gasteiger partial charge in [0, 0.05) is 12.6 Å². The van der Waals surface area contributed by atoms with Crippen molar-refractivity contribution in [2.24, 2.45) is 5.73 Å². The predicted molar refractivity (Wildman–Crippen MR) is 70.3 cm³/mol. The van der Waals surface area contributed by atoms with Crippen LogP contribution in [0.15, 0.2) is 30.3 Å². The van der Waals surface area contributed by atoms with Gasteiger partial charge in [0.15, 0.2) is 0 Å². The molecular weight excluding hydrogens is 266 g/mol. The van der Waals surface area contributed by atoms with Gasteiger partial charge in [0.1, 0.15) is 12.6 Å². The Morgan fingerprint density at radius 2 is 2.10 bits per heavy atom. The average Bonchev–Trinajstić information content (AvgIpc) is 2.45. The van der Waals surface area contributed by atoms with Crippen molar-refractivity contribution in [2.45, 2.75) is 38.0 Å². The molecule has 0 spiro atoms. The van der Waals surface area contributed by atoms with Crippen LogP contribution >= 0.6 is 0 Å². The Kier molecular flexibility index (Phi) is 4.89. The number of hydrogen-bond donors (Lipinski definition) is 1. The van der Waals surface area contributed by atoms with Gasteiger partial charge in [0.25, 0.3) is 6.43 Å². The maximum Gasteiger partial charge on any atom is 0.410 e. The number of nitrogens with zero attached hydrogens (tertiary/aromatic N) is 1. The summed E-state index contributed by atoms with van der Waals surface area (Å²) >= 11 is 0. The number of hydrogen-bond acceptors (Lipinski definition) is 3. The molecule has 20 heavy (non-hydrogen) atoms. The fraction of sp³-hybridized carbons (Fsp3) is 0.500. The van der Waals surface area contributed by atoms with E-state index >= 15 is 0 Å². The summed E-state index contributed by atoms with van der Waals surface area (Å²) in [6.07, 6.45) is -2.27. The maximum absolute atomic E-state index is 13.0. The van der Waals surface area contributed by atoms with Gasteiger partial charge in [-0.05, 0) is 18.4 Å². The lowest BCUT2D eigenvalue weighted by molar-refractivity contribution is -0.0102. The van der Waals surface area contributed by atoms with Gasteiger partial charge >= 0.3 is 6.09 Å². The molecule has 0 radical (unpaired) electrons. The lowest BCUT2D eigenvalue weighted by atomic mass is 9.98. The van der Waals surface area contributed by atoms with Crippen molar-refractivity contribution >= 4 is 6.09 Å². The number of benzene rings is 1. The summed E-state index contributed by atoms with van der Waals surface area (Å²) < 4.78 is 31.1. The summed E-state index contributed by atoms with van der Waals surface area (Å²) in [5.41, 5.74) is 6.50. The Labute approximate surface area is 116 Å². The van der Waals surface area contributed by atoms with E-state index in [4.69, 9.17) is 10.5 Å². The number of piperidine rings is 1. The van der Waals surface area contributed by atoms with E-state index in [2.05, 4.69) is 0 Å². The Hall–Kier alpha value is -1.69. The van der Waals surface area contributed by atoms with Crippen molar-refractivity contribution < 1.29 is 18.3 Å².